The van der Waals surface area contributed by atoms with E-state index in [9.17, 15) is 22.8 Å². The molecule has 0 aliphatic carbocycles. The molecule has 4 aromatic rings. The summed E-state index contributed by atoms with van der Waals surface area (Å²) in [7, 11) is -3.98. The molecule has 1 aliphatic heterocycles. The van der Waals surface area contributed by atoms with Crippen LogP contribution in [0, 0.1) is 0 Å². The first-order valence-electron chi connectivity index (χ1n) is 13.0. The Kier molecular flexibility index (Phi) is 7.71. The van der Waals surface area contributed by atoms with E-state index in [4.69, 9.17) is 9.47 Å². The number of nitrogens with one attached hydrogen (secondary N) is 1. The van der Waals surface area contributed by atoms with Crippen LogP contribution in [0.3, 0.4) is 0 Å². The fourth-order valence-electron chi connectivity index (χ4n) is 4.77. The maximum absolute atomic E-state index is 13.7. The number of carbonyl (C=O) groups is 3. The lowest BCUT2D eigenvalue weighted by Crippen LogP contribution is -2.32. The number of benzene rings is 3. The van der Waals surface area contributed by atoms with Crippen molar-refractivity contribution in [3.8, 4) is 11.5 Å². The van der Waals surface area contributed by atoms with Gasteiger partial charge in [-0.2, -0.15) is 0 Å². The lowest BCUT2D eigenvalue weighted by atomic mass is 10.0. The third kappa shape index (κ3) is 5.48. The second-order valence-corrected chi connectivity index (χ2v) is 11.0. The van der Waals surface area contributed by atoms with Gasteiger partial charge in [-0.1, -0.05) is 42.5 Å². The predicted molar refractivity (Wildman–Crippen MR) is 153 cm³/mol. The third-order valence-corrected chi connectivity index (χ3v) is 7.66. The molecule has 3 amide bonds. The molecule has 2 heterocycles. The Morgan fingerprint density at radius 2 is 1.46 bits per heavy atom. The molecule has 0 fully saturated rings. The van der Waals surface area contributed by atoms with Gasteiger partial charge in [0.15, 0.2) is 5.75 Å². The maximum atomic E-state index is 13.7. The molecular formula is C30H27N3O7S. The molecule has 5 rings (SSSR count). The Labute approximate surface area is 237 Å². The molecule has 0 saturated heterocycles. The molecule has 1 aliphatic rings. The van der Waals surface area contributed by atoms with Crippen molar-refractivity contribution in [1.29, 1.82) is 0 Å². The standard InChI is InChI=1S/C30H27N3O7S/c1-3-39-27-22-11-8-16-31-26(22)28(40-4-2)25-24(27)29(35)33(30(25)36)21-14-12-20(13-15-21)18-41(37,38)32-23(34)17-19-9-6-5-7-10-19/h5-16H,3-4,17-18H2,1-2H3,(H,32,34). The molecule has 0 bridgehead atoms. The molecule has 41 heavy (non-hydrogen) atoms. The van der Waals surface area contributed by atoms with Gasteiger partial charge in [-0.05, 0) is 49.2 Å². The van der Waals surface area contributed by atoms with E-state index in [2.05, 4.69) is 9.71 Å². The van der Waals surface area contributed by atoms with E-state index in [1.54, 1.807) is 62.5 Å². The Hall–Kier alpha value is -4.77. The topological polar surface area (TPSA) is 132 Å². The smallest absolute Gasteiger partial charge is 0.270 e. The highest BCUT2D eigenvalue weighted by Crippen LogP contribution is 2.45. The normalized spacial score (nSPS) is 12.9. The maximum Gasteiger partial charge on any atom is 0.270 e. The van der Waals surface area contributed by atoms with Gasteiger partial charge in [0.1, 0.15) is 16.8 Å². The van der Waals surface area contributed by atoms with Gasteiger partial charge < -0.3 is 9.47 Å². The fraction of sp³-hybridized carbons (Fsp3) is 0.200. The minimum Gasteiger partial charge on any atom is -0.492 e. The molecule has 0 unspecified atom stereocenters. The summed E-state index contributed by atoms with van der Waals surface area (Å²) in [6, 6.07) is 18.2. The summed E-state index contributed by atoms with van der Waals surface area (Å²) in [5.74, 6) is -1.84. The van der Waals surface area contributed by atoms with Crippen molar-refractivity contribution in [2.45, 2.75) is 26.0 Å². The van der Waals surface area contributed by atoms with Crippen LogP contribution >= 0.6 is 0 Å². The quantitative estimate of drug-likeness (QED) is 0.282. The van der Waals surface area contributed by atoms with Crippen LogP contribution in [-0.4, -0.2) is 44.3 Å². The van der Waals surface area contributed by atoms with Crippen molar-refractivity contribution in [1.82, 2.24) is 9.71 Å². The Balaban J connectivity index is 1.41. The number of ether oxygens (including phenoxy) is 2. The molecule has 0 saturated carbocycles. The number of amides is 3. The van der Waals surface area contributed by atoms with Gasteiger partial charge in [-0.3, -0.25) is 24.1 Å². The van der Waals surface area contributed by atoms with Crippen LogP contribution in [0.4, 0.5) is 5.69 Å². The number of carbonyl (C=O) groups excluding carboxylic acids is 3. The molecule has 0 atom stereocenters. The van der Waals surface area contributed by atoms with Gasteiger partial charge in [-0.25, -0.2) is 13.3 Å². The Morgan fingerprint density at radius 1 is 0.829 bits per heavy atom. The molecular weight excluding hydrogens is 546 g/mol. The summed E-state index contributed by atoms with van der Waals surface area (Å²) in [5.41, 5.74) is 1.87. The summed E-state index contributed by atoms with van der Waals surface area (Å²) in [6.45, 7) is 4.06. The zero-order valence-corrected chi connectivity index (χ0v) is 23.2. The van der Waals surface area contributed by atoms with E-state index < -0.39 is 33.5 Å². The highest BCUT2D eigenvalue weighted by atomic mass is 32.2. The van der Waals surface area contributed by atoms with E-state index in [0.717, 1.165) is 4.90 Å². The van der Waals surface area contributed by atoms with Crippen LogP contribution in [0.2, 0.25) is 0 Å². The van der Waals surface area contributed by atoms with Crippen LogP contribution < -0.4 is 19.1 Å². The summed E-state index contributed by atoms with van der Waals surface area (Å²) >= 11 is 0. The summed E-state index contributed by atoms with van der Waals surface area (Å²) in [6.07, 6.45) is 1.50. The molecule has 0 radical (unpaired) electrons. The zero-order valence-electron chi connectivity index (χ0n) is 22.4. The number of fused-ring (bicyclic) bond motifs is 2. The van der Waals surface area contributed by atoms with Crippen molar-refractivity contribution < 1.29 is 32.3 Å². The van der Waals surface area contributed by atoms with Gasteiger partial charge in [0, 0.05) is 11.6 Å². The number of anilines is 1. The predicted octanol–water partition coefficient (Wildman–Crippen LogP) is 4.02. The number of rotatable bonds is 10. The van der Waals surface area contributed by atoms with Crippen molar-refractivity contribution in [3.63, 3.8) is 0 Å². The number of nitrogens with zero attached hydrogens (tertiary/aromatic N) is 2. The van der Waals surface area contributed by atoms with Crippen molar-refractivity contribution in [3.05, 3.63) is 95.2 Å². The lowest BCUT2D eigenvalue weighted by Gasteiger charge is -2.15. The van der Waals surface area contributed by atoms with Gasteiger partial charge in [0.2, 0.25) is 15.9 Å². The van der Waals surface area contributed by atoms with Crippen molar-refractivity contribution >= 4 is 44.3 Å². The largest absolute Gasteiger partial charge is 0.492 e. The van der Waals surface area contributed by atoms with Gasteiger partial charge in [0.25, 0.3) is 11.8 Å². The van der Waals surface area contributed by atoms with Crippen LogP contribution in [0.5, 0.6) is 11.5 Å². The second kappa shape index (κ2) is 11.4. The number of sulfonamides is 1. The number of hydrogen-bond acceptors (Lipinski definition) is 8. The summed E-state index contributed by atoms with van der Waals surface area (Å²) in [4.78, 5) is 45.0. The summed E-state index contributed by atoms with van der Waals surface area (Å²) < 4.78 is 39.0. The zero-order chi connectivity index (χ0) is 29.1. The third-order valence-electron chi connectivity index (χ3n) is 6.41. The Morgan fingerprint density at radius 3 is 2.12 bits per heavy atom. The van der Waals surface area contributed by atoms with Gasteiger partial charge in [0.05, 0.1) is 36.6 Å². The van der Waals surface area contributed by atoms with Gasteiger partial charge in [-0.15, -0.1) is 0 Å². The minimum absolute atomic E-state index is 0.0688. The average Bonchev–Trinajstić information content (AvgIpc) is 3.20. The van der Waals surface area contributed by atoms with Crippen molar-refractivity contribution in [2.24, 2.45) is 0 Å². The highest BCUT2D eigenvalue weighted by Gasteiger charge is 2.43. The van der Waals surface area contributed by atoms with Crippen LogP contribution in [0.15, 0.2) is 72.9 Å². The monoisotopic (exact) mass is 573 g/mol. The first-order chi connectivity index (χ1) is 19.7. The Bertz CT molecular complexity index is 1690. The van der Waals surface area contributed by atoms with E-state index in [0.29, 0.717) is 22.0 Å². The van der Waals surface area contributed by atoms with Gasteiger partial charge >= 0.3 is 0 Å². The first kappa shape index (κ1) is 27.8. The molecule has 1 N–H and O–H groups in total. The number of pyridine rings is 1. The lowest BCUT2D eigenvalue weighted by molar-refractivity contribution is -0.118. The first-order valence-corrected chi connectivity index (χ1v) is 14.6. The van der Waals surface area contributed by atoms with Crippen LogP contribution in [-0.2, 0) is 27.0 Å². The average molecular weight is 574 g/mol. The molecule has 1 aromatic heterocycles. The van der Waals surface area contributed by atoms with E-state index in [1.807, 2.05) is 0 Å². The van der Waals surface area contributed by atoms with E-state index in [1.165, 1.54) is 24.3 Å². The molecule has 3 aromatic carbocycles. The van der Waals surface area contributed by atoms with Crippen LogP contribution in [0.25, 0.3) is 10.9 Å². The minimum atomic E-state index is -3.98. The van der Waals surface area contributed by atoms with Crippen molar-refractivity contribution in [2.75, 3.05) is 18.1 Å². The number of aromatic nitrogens is 1. The molecule has 0 spiro atoms. The molecule has 10 nitrogen and oxygen atoms in total. The molecule has 11 heteroatoms. The molecule has 210 valence electrons. The number of imide groups is 1. The van der Waals surface area contributed by atoms with E-state index >= 15 is 0 Å². The highest BCUT2D eigenvalue weighted by molar-refractivity contribution is 7.89. The SMILES string of the molecule is CCOc1c2c(c(OCC)c3ncccc13)C(=O)N(c1ccc(CS(=O)(=O)NC(=O)Cc3ccccc3)cc1)C2=O. The fourth-order valence-corrected chi connectivity index (χ4v) is 5.90. The van der Waals surface area contributed by atoms with Crippen LogP contribution in [0.1, 0.15) is 45.7 Å². The second-order valence-electron chi connectivity index (χ2n) is 9.23. The van der Waals surface area contributed by atoms with E-state index in [-0.39, 0.29) is 47.9 Å². The number of hydrogen-bond donors (Lipinski definition) is 1. The summed E-state index contributed by atoms with van der Waals surface area (Å²) in [5, 5.41) is 0.550.